The van der Waals surface area contributed by atoms with E-state index in [4.69, 9.17) is 0 Å². The van der Waals surface area contributed by atoms with Gasteiger partial charge in [-0.3, -0.25) is 9.59 Å². The zero-order chi connectivity index (χ0) is 17.8. The molecule has 1 fully saturated rings. The normalized spacial score (nSPS) is 22.8. The molecular weight excluding hydrogens is 310 g/mol. The van der Waals surface area contributed by atoms with E-state index in [1.807, 2.05) is 72.5 Å². The van der Waals surface area contributed by atoms with Crippen LogP contribution in [0.5, 0.6) is 0 Å². The molecule has 1 amide bonds. The quantitative estimate of drug-likeness (QED) is 0.772. The Hall–Kier alpha value is -2.42. The van der Waals surface area contributed by atoms with Crippen molar-refractivity contribution in [2.75, 3.05) is 0 Å². The van der Waals surface area contributed by atoms with E-state index in [9.17, 15) is 9.59 Å². The third kappa shape index (κ3) is 3.98. The van der Waals surface area contributed by atoms with Crippen LogP contribution in [0.1, 0.15) is 31.4 Å². The zero-order valence-corrected chi connectivity index (χ0v) is 14.9. The molecule has 0 unspecified atom stereocenters. The fourth-order valence-electron chi connectivity index (χ4n) is 3.63. The molecule has 3 rings (SSSR count). The first-order valence-corrected chi connectivity index (χ1v) is 8.95. The van der Waals surface area contributed by atoms with Gasteiger partial charge in [-0.15, -0.1) is 0 Å². The topological polar surface area (TPSA) is 37.4 Å². The van der Waals surface area contributed by atoms with E-state index in [0.29, 0.717) is 19.5 Å². The Bertz CT molecular complexity index is 685. The molecule has 0 radical (unpaired) electrons. The SMILES string of the molecule is C[C@H]1[C@H](C(=O)N(Cc2ccccc2)Cc2ccccc2)C(=O)C[C@@H]1C. The molecule has 1 aliphatic rings. The highest BCUT2D eigenvalue weighted by Crippen LogP contribution is 2.35. The summed E-state index contributed by atoms with van der Waals surface area (Å²) in [5, 5.41) is 0. The minimum atomic E-state index is -0.498. The molecule has 0 bridgehead atoms. The average Bonchev–Trinajstić information content (AvgIpc) is 2.88. The number of hydrogen-bond donors (Lipinski definition) is 0. The Morgan fingerprint density at radius 3 is 1.80 bits per heavy atom. The fraction of sp³-hybridized carbons (Fsp3) is 0.364. The van der Waals surface area contributed by atoms with Crippen LogP contribution in [-0.4, -0.2) is 16.6 Å². The van der Waals surface area contributed by atoms with E-state index >= 15 is 0 Å². The van der Waals surface area contributed by atoms with E-state index < -0.39 is 5.92 Å². The summed E-state index contributed by atoms with van der Waals surface area (Å²) in [4.78, 5) is 27.5. The lowest BCUT2D eigenvalue weighted by Gasteiger charge is -2.27. The zero-order valence-electron chi connectivity index (χ0n) is 14.9. The van der Waals surface area contributed by atoms with Crippen LogP contribution in [0.4, 0.5) is 0 Å². The summed E-state index contributed by atoms with van der Waals surface area (Å²) in [6.45, 7) is 5.15. The number of carbonyl (C=O) groups is 2. The number of benzene rings is 2. The van der Waals surface area contributed by atoms with Crippen LogP contribution >= 0.6 is 0 Å². The van der Waals surface area contributed by atoms with Crippen molar-refractivity contribution in [3.8, 4) is 0 Å². The molecule has 0 aromatic heterocycles. The van der Waals surface area contributed by atoms with Gasteiger partial charge in [0, 0.05) is 19.5 Å². The third-order valence-electron chi connectivity index (χ3n) is 5.30. The lowest BCUT2D eigenvalue weighted by molar-refractivity contribution is -0.142. The second-order valence-electron chi connectivity index (χ2n) is 7.15. The Morgan fingerprint density at radius 1 is 0.920 bits per heavy atom. The van der Waals surface area contributed by atoms with Crippen molar-refractivity contribution < 1.29 is 9.59 Å². The molecule has 0 aliphatic heterocycles. The van der Waals surface area contributed by atoms with Crippen molar-refractivity contribution in [2.24, 2.45) is 17.8 Å². The van der Waals surface area contributed by atoms with Crippen molar-refractivity contribution in [2.45, 2.75) is 33.4 Å². The molecule has 1 saturated carbocycles. The van der Waals surface area contributed by atoms with Crippen LogP contribution < -0.4 is 0 Å². The minimum absolute atomic E-state index is 0.0328. The van der Waals surface area contributed by atoms with Gasteiger partial charge in [-0.25, -0.2) is 0 Å². The molecule has 0 spiro atoms. The van der Waals surface area contributed by atoms with Crippen molar-refractivity contribution in [1.29, 1.82) is 0 Å². The average molecular weight is 335 g/mol. The maximum atomic E-state index is 13.2. The predicted molar refractivity (Wildman–Crippen MR) is 98.6 cm³/mol. The molecule has 3 atom stereocenters. The molecule has 2 aromatic rings. The van der Waals surface area contributed by atoms with Gasteiger partial charge in [0.05, 0.1) is 5.92 Å². The molecule has 0 saturated heterocycles. The van der Waals surface area contributed by atoms with Gasteiger partial charge in [-0.1, -0.05) is 74.5 Å². The van der Waals surface area contributed by atoms with E-state index in [1.54, 1.807) is 0 Å². The van der Waals surface area contributed by atoms with Crippen molar-refractivity contribution in [3.63, 3.8) is 0 Å². The second kappa shape index (κ2) is 7.64. The lowest BCUT2D eigenvalue weighted by atomic mass is 9.91. The highest BCUT2D eigenvalue weighted by Gasteiger charge is 2.43. The molecule has 3 nitrogen and oxygen atoms in total. The van der Waals surface area contributed by atoms with E-state index in [0.717, 1.165) is 11.1 Å². The molecule has 2 aromatic carbocycles. The van der Waals surface area contributed by atoms with E-state index in [-0.39, 0.29) is 23.5 Å². The maximum Gasteiger partial charge on any atom is 0.234 e. The Balaban J connectivity index is 1.84. The third-order valence-corrected chi connectivity index (χ3v) is 5.30. The van der Waals surface area contributed by atoms with Crippen LogP contribution in [-0.2, 0) is 22.7 Å². The molecule has 1 aliphatic carbocycles. The van der Waals surface area contributed by atoms with Gasteiger partial charge in [0.15, 0.2) is 0 Å². The number of Topliss-reactive ketones (excluding diaryl/α,β-unsaturated/α-hetero) is 1. The molecule has 130 valence electrons. The van der Waals surface area contributed by atoms with E-state index in [1.165, 1.54) is 0 Å². The number of nitrogens with zero attached hydrogens (tertiary/aromatic N) is 1. The first-order valence-electron chi connectivity index (χ1n) is 8.95. The molecule has 0 heterocycles. The van der Waals surface area contributed by atoms with Gasteiger partial charge in [0.1, 0.15) is 5.78 Å². The Morgan fingerprint density at radius 2 is 1.40 bits per heavy atom. The highest BCUT2D eigenvalue weighted by atomic mass is 16.2. The fourth-order valence-corrected chi connectivity index (χ4v) is 3.63. The number of rotatable bonds is 5. The van der Waals surface area contributed by atoms with Gasteiger partial charge in [0.2, 0.25) is 5.91 Å². The summed E-state index contributed by atoms with van der Waals surface area (Å²) < 4.78 is 0. The minimum Gasteiger partial charge on any atom is -0.333 e. The molecular formula is C22H25NO2. The van der Waals surface area contributed by atoms with Gasteiger partial charge in [0.25, 0.3) is 0 Å². The predicted octanol–water partition coefficient (Wildman–Crippen LogP) is 4.08. The van der Waals surface area contributed by atoms with Crippen molar-refractivity contribution in [3.05, 3.63) is 71.8 Å². The summed E-state index contributed by atoms with van der Waals surface area (Å²) >= 11 is 0. The summed E-state index contributed by atoms with van der Waals surface area (Å²) in [6, 6.07) is 19.9. The summed E-state index contributed by atoms with van der Waals surface area (Å²) in [6.07, 6.45) is 0.516. The first kappa shape index (κ1) is 17.4. The Kier molecular flexibility index (Phi) is 5.32. The monoisotopic (exact) mass is 335 g/mol. The molecule has 3 heteroatoms. The van der Waals surface area contributed by atoms with Crippen molar-refractivity contribution >= 4 is 11.7 Å². The number of amides is 1. The van der Waals surface area contributed by atoms with Crippen LogP contribution in [0.25, 0.3) is 0 Å². The van der Waals surface area contributed by atoms with Gasteiger partial charge in [-0.05, 0) is 23.0 Å². The first-order chi connectivity index (χ1) is 12.1. The van der Waals surface area contributed by atoms with Gasteiger partial charge in [-0.2, -0.15) is 0 Å². The van der Waals surface area contributed by atoms with Crippen LogP contribution in [0.3, 0.4) is 0 Å². The van der Waals surface area contributed by atoms with E-state index in [2.05, 4.69) is 6.92 Å². The van der Waals surface area contributed by atoms with Crippen LogP contribution in [0, 0.1) is 17.8 Å². The lowest BCUT2D eigenvalue weighted by Crippen LogP contribution is -2.39. The summed E-state index contributed by atoms with van der Waals surface area (Å²) in [5.74, 6) is -0.0566. The number of ketones is 1. The smallest absolute Gasteiger partial charge is 0.234 e. The maximum absolute atomic E-state index is 13.2. The molecule has 0 N–H and O–H groups in total. The standard InChI is InChI=1S/C22H25NO2/c1-16-13-20(24)21(17(16)2)22(25)23(14-18-9-5-3-6-10-18)15-19-11-7-4-8-12-19/h3-12,16-17,21H,13-15H2,1-2H3/t16-,17+,21-/m0/s1. The number of carbonyl (C=O) groups excluding carboxylic acids is 2. The Labute approximate surface area is 149 Å². The van der Waals surface area contributed by atoms with Gasteiger partial charge < -0.3 is 4.90 Å². The number of hydrogen-bond acceptors (Lipinski definition) is 2. The van der Waals surface area contributed by atoms with Crippen molar-refractivity contribution in [1.82, 2.24) is 4.90 Å². The highest BCUT2D eigenvalue weighted by molar-refractivity contribution is 6.03. The molecule has 25 heavy (non-hydrogen) atoms. The van der Waals surface area contributed by atoms with Gasteiger partial charge >= 0.3 is 0 Å². The van der Waals surface area contributed by atoms with Crippen LogP contribution in [0.15, 0.2) is 60.7 Å². The summed E-state index contributed by atoms with van der Waals surface area (Å²) in [5.41, 5.74) is 2.16. The largest absolute Gasteiger partial charge is 0.333 e. The second-order valence-corrected chi connectivity index (χ2v) is 7.15. The van der Waals surface area contributed by atoms with Crippen LogP contribution in [0.2, 0.25) is 0 Å². The summed E-state index contributed by atoms with van der Waals surface area (Å²) in [7, 11) is 0.